The standard InChI is InChI=1S/C15H19F2N3O2.ClH/c1-9(2)13(21)19-10-4-3-5-11(6-10)20-14(22)12-7-15(16,17)8-18-12;/h3-6,9,12,18H,7-8H2,1-2H3,(H,19,21)(H,20,22);1H. The van der Waals surface area contributed by atoms with Crippen LogP contribution in [0.4, 0.5) is 20.2 Å². The molecule has 1 fully saturated rings. The molecule has 1 aromatic carbocycles. The summed E-state index contributed by atoms with van der Waals surface area (Å²) >= 11 is 0. The summed E-state index contributed by atoms with van der Waals surface area (Å²) in [5, 5.41) is 7.79. The Morgan fingerprint density at radius 2 is 1.87 bits per heavy atom. The quantitative estimate of drug-likeness (QED) is 0.784. The van der Waals surface area contributed by atoms with Crippen molar-refractivity contribution in [3.8, 4) is 0 Å². The highest BCUT2D eigenvalue weighted by Crippen LogP contribution is 2.26. The minimum absolute atomic E-state index is 0. The van der Waals surface area contributed by atoms with Gasteiger partial charge in [-0.25, -0.2) is 8.78 Å². The first kappa shape index (κ1) is 19.3. The Morgan fingerprint density at radius 1 is 1.26 bits per heavy atom. The van der Waals surface area contributed by atoms with Gasteiger partial charge in [-0.3, -0.25) is 14.9 Å². The van der Waals surface area contributed by atoms with Crippen LogP contribution in [0.3, 0.4) is 0 Å². The number of rotatable bonds is 4. The Morgan fingerprint density at radius 3 is 2.39 bits per heavy atom. The van der Waals surface area contributed by atoms with E-state index in [1.54, 1.807) is 38.1 Å². The third kappa shape index (κ3) is 5.44. The smallest absolute Gasteiger partial charge is 0.262 e. The van der Waals surface area contributed by atoms with Crippen molar-refractivity contribution < 1.29 is 18.4 Å². The fourth-order valence-electron chi connectivity index (χ4n) is 2.09. The average Bonchev–Trinajstić information content (AvgIpc) is 2.79. The van der Waals surface area contributed by atoms with Crippen LogP contribution in [-0.2, 0) is 9.59 Å². The highest BCUT2D eigenvalue weighted by molar-refractivity contribution is 5.97. The molecule has 3 N–H and O–H groups in total. The van der Waals surface area contributed by atoms with Gasteiger partial charge in [0.1, 0.15) is 0 Å². The highest BCUT2D eigenvalue weighted by atomic mass is 35.5. The molecule has 0 saturated carbocycles. The van der Waals surface area contributed by atoms with Gasteiger partial charge in [-0.2, -0.15) is 0 Å². The molecular weight excluding hydrogens is 328 g/mol. The van der Waals surface area contributed by atoms with Crippen molar-refractivity contribution in [2.75, 3.05) is 17.2 Å². The van der Waals surface area contributed by atoms with Gasteiger partial charge in [-0.1, -0.05) is 19.9 Å². The van der Waals surface area contributed by atoms with Gasteiger partial charge in [0.15, 0.2) is 0 Å². The van der Waals surface area contributed by atoms with Crippen molar-refractivity contribution in [1.29, 1.82) is 0 Å². The molecule has 1 saturated heterocycles. The minimum atomic E-state index is -2.85. The Kier molecular flexibility index (Phi) is 6.47. The second-order valence-electron chi connectivity index (χ2n) is 5.71. The molecular formula is C15H20ClF2N3O2. The predicted molar refractivity (Wildman–Crippen MR) is 87.1 cm³/mol. The first-order chi connectivity index (χ1) is 10.3. The van der Waals surface area contributed by atoms with Gasteiger partial charge in [0.2, 0.25) is 11.8 Å². The van der Waals surface area contributed by atoms with Crippen LogP contribution in [0.1, 0.15) is 20.3 Å². The lowest BCUT2D eigenvalue weighted by atomic mass is 10.1. The molecule has 2 rings (SSSR count). The first-order valence-electron chi connectivity index (χ1n) is 7.10. The molecule has 1 aliphatic heterocycles. The van der Waals surface area contributed by atoms with E-state index in [4.69, 9.17) is 0 Å². The molecule has 1 aromatic rings. The average molecular weight is 348 g/mol. The van der Waals surface area contributed by atoms with Crippen molar-refractivity contribution in [2.45, 2.75) is 32.2 Å². The van der Waals surface area contributed by atoms with Crippen LogP contribution in [0.5, 0.6) is 0 Å². The van der Waals surface area contributed by atoms with E-state index in [1.165, 1.54) is 0 Å². The third-order valence-corrected chi connectivity index (χ3v) is 3.35. The molecule has 0 aliphatic carbocycles. The number of halogens is 3. The van der Waals surface area contributed by atoms with Crippen LogP contribution in [0.25, 0.3) is 0 Å². The van der Waals surface area contributed by atoms with Crippen molar-refractivity contribution >= 4 is 35.6 Å². The third-order valence-electron chi connectivity index (χ3n) is 3.35. The maximum Gasteiger partial charge on any atom is 0.262 e. The van der Waals surface area contributed by atoms with E-state index < -0.39 is 30.8 Å². The molecule has 23 heavy (non-hydrogen) atoms. The van der Waals surface area contributed by atoms with E-state index >= 15 is 0 Å². The van der Waals surface area contributed by atoms with Crippen molar-refractivity contribution in [2.24, 2.45) is 5.92 Å². The SMILES string of the molecule is CC(C)C(=O)Nc1cccc(NC(=O)C2CC(F)(F)CN2)c1.Cl. The number of carbonyl (C=O) groups is 2. The Hall–Kier alpha value is -1.73. The maximum absolute atomic E-state index is 13.1. The molecule has 1 atom stereocenters. The van der Waals surface area contributed by atoms with E-state index in [9.17, 15) is 18.4 Å². The number of benzene rings is 1. The maximum atomic E-state index is 13.1. The van der Waals surface area contributed by atoms with Crippen LogP contribution in [0.2, 0.25) is 0 Å². The van der Waals surface area contributed by atoms with Crippen LogP contribution < -0.4 is 16.0 Å². The summed E-state index contributed by atoms with van der Waals surface area (Å²) in [6.07, 6.45) is -0.511. The van der Waals surface area contributed by atoms with E-state index in [0.29, 0.717) is 11.4 Å². The largest absolute Gasteiger partial charge is 0.326 e. The van der Waals surface area contributed by atoms with Gasteiger partial charge in [0.05, 0.1) is 12.6 Å². The second-order valence-corrected chi connectivity index (χ2v) is 5.71. The molecule has 1 heterocycles. The molecule has 1 unspecified atom stereocenters. The lowest BCUT2D eigenvalue weighted by molar-refractivity contribution is -0.119. The topological polar surface area (TPSA) is 70.2 Å². The van der Waals surface area contributed by atoms with Crippen molar-refractivity contribution in [3.63, 3.8) is 0 Å². The van der Waals surface area contributed by atoms with Crippen LogP contribution in [0, 0.1) is 5.92 Å². The Bertz CT molecular complexity index is 582. The van der Waals surface area contributed by atoms with E-state index in [-0.39, 0.29) is 24.2 Å². The van der Waals surface area contributed by atoms with E-state index in [0.717, 1.165) is 0 Å². The van der Waals surface area contributed by atoms with Gasteiger partial charge in [0.25, 0.3) is 5.92 Å². The van der Waals surface area contributed by atoms with E-state index in [1.807, 2.05) is 0 Å². The summed E-state index contributed by atoms with van der Waals surface area (Å²) in [5.74, 6) is -3.66. The predicted octanol–water partition coefficient (Wildman–Crippen LogP) is 2.64. The summed E-state index contributed by atoms with van der Waals surface area (Å²) in [6.45, 7) is 3.05. The van der Waals surface area contributed by atoms with Crippen LogP contribution >= 0.6 is 12.4 Å². The molecule has 0 aromatic heterocycles. The zero-order chi connectivity index (χ0) is 16.3. The fraction of sp³-hybridized carbons (Fsp3) is 0.467. The molecule has 8 heteroatoms. The summed E-state index contributed by atoms with van der Waals surface area (Å²) in [5.41, 5.74) is 0.991. The van der Waals surface area contributed by atoms with Crippen molar-refractivity contribution in [1.82, 2.24) is 5.32 Å². The summed E-state index contributed by atoms with van der Waals surface area (Å²) in [7, 11) is 0. The lowest BCUT2D eigenvalue weighted by Gasteiger charge is -2.13. The van der Waals surface area contributed by atoms with E-state index in [2.05, 4.69) is 16.0 Å². The molecule has 0 spiro atoms. The van der Waals surface area contributed by atoms with Crippen molar-refractivity contribution in [3.05, 3.63) is 24.3 Å². The Labute approximate surface area is 139 Å². The molecule has 0 bridgehead atoms. The molecule has 5 nitrogen and oxygen atoms in total. The normalized spacial score (nSPS) is 19.1. The van der Waals surface area contributed by atoms with Gasteiger partial charge in [-0.05, 0) is 18.2 Å². The summed E-state index contributed by atoms with van der Waals surface area (Å²) < 4.78 is 26.2. The van der Waals surface area contributed by atoms with Crippen LogP contribution in [0.15, 0.2) is 24.3 Å². The molecule has 0 radical (unpaired) electrons. The number of amides is 2. The number of anilines is 2. The number of nitrogens with one attached hydrogen (secondary N) is 3. The Balaban J connectivity index is 0.00000264. The molecule has 1 aliphatic rings. The van der Waals surface area contributed by atoms with Crippen LogP contribution in [-0.4, -0.2) is 30.3 Å². The van der Waals surface area contributed by atoms with Gasteiger partial charge >= 0.3 is 0 Å². The number of hydrogen-bond acceptors (Lipinski definition) is 3. The highest BCUT2D eigenvalue weighted by Gasteiger charge is 2.42. The minimum Gasteiger partial charge on any atom is -0.326 e. The number of carbonyl (C=O) groups excluding carboxylic acids is 2. The van der Waals surface area contributed by atoms with Gasteiger partial charge < -0.3 is 10.6 Å². The zero-order valence-electron chi connectivity index (χ0n) is 12.9. The number of alkyl halides is 2. The number of hydrogen-bond donors (Lipinski definition) is 3. The molecule has 128 valence electrons. The monoisotopic (exact) mass is 347 g/mol. The zero-order valence-corrected chi connectivity index (χ0v) is 13.7. The molecule has 2 amide bonds. The fourth-order valence-corrected chi connectivity index (χ4v) is 2.09. The lowest BCUT2D eigenvalue weighted by Crippen LogP contribution is -2.35. The van der Waals surface area contributed by atoms with Gasteiger partial charge in [-0.15, -0.1) is 12.4 Å². The summed E-state index contributed by atoms with van der Waals surface area (Å²) in [4.78, 5) is 23.6. The first-order valence-corrected chi connectivity index (χ1v) is 7.10. The van der Waals surface area contributed by atoms with Gasteiger partial charge in [0, 0.05) is 23.7 Å². The summed E-state index contributed by atoms with van der Waals surface area (Å²) in [6, 6.07) is 5.67. The second kappa shape index (κ2) is 7.70.